The van der Waals surface area contributed by atoms with Gasteiger partial charge in [-0.25, -0.2) is 4.79 Å². The first kappa shape index (κ1) is 17.3. The second-order valence-corrected chi connectivity index (χ2v) is 8.31. The van der Waals surface area contributed by atoms with Crippen LogP contribution < -0.4 is 5.32 Å². The molecule has 6 nitrogen and oxygen atoms in total. The van der Waals surface area contributed by atoms with E-state index in [0.717, 1.165) is 24.8 Å². The van der Waals surface area contributed by atoms with Gasteiger partial charge in [0.15, 0.2) is 11.1 Å². The number of halogens is 1. The monoisotopic (exact) mass is 369 g/mol. The number of nitrogens with one attached hydrogen (secondary N) is 1. The predicted octanol–water partition coefficient (Wildman–Crippen LogP) is 0.885. The molecule has 2 aliphatic heterocycles. The molecule has 6 atom stereocenters. The first-order valence-corrected chi connectivity index (χ1v) is 9.45. The van der Waals surface area contributed by atoms with Crippen LogP contribution in [0.5, 0.6) is 0 Å². The average Bonchev–Trinajstić information content (AvgIpc) is 2.84. The Kier molecular flexibility index (Phi) is 3.61. The van der Waals surface area contributed by atoms with Gasteiger partial charge in [0.25, 0.3) is 0 Å². The third-order valence-corrected chi connectivity index (χ3v) is 7.57. The van der Waals surface area contributed by atoms with Crippen LogP contribution in [0, 0.1) is 17.3 Å². The minimum Gasteiger partial charge on any atom is -0.450 e. The first-order chi connectivity index (χ1) is 11.9. The van der Waals surface area contributed by atoms with Gasteiger partial charge in [-0.05, 0) is 39.5 Å². The summed E-state index contributed by atoms with van der Waals surface area (Å²) in [5.74, 6) is -1.38. The van der Waals surface area contributed by atoms with E-state index >= 15 is 0 Å². The van der Waals surface area contributed by atoms with Gasteiger partial charge in [0.05, 0.1) is 17.9 Å². The number of allylic oxidation sites excluding steroid dienone is 1. The zero-order valence-electron chi connectivity index (χ0n) is 14.5. The summed E-state index contributed by atoms with van der Waals surface area (Å²) in [6.07, 6.45) is 2.15. The summed E-state index contributed by atoms with van der Waals surface area (Å²) in [6.45, 7) is 3.66. The molecular formula is C18H24ClNO5. The Morgan fingerprint density at radius 2 is 2.12 bits per heavy atom. The molecule has 4 aliphatic rings. The second kappa shape index (κ2) is 5.21. The molecule has 25 heavy (non-hydrogen) atoms. The summed E-state index contributed by atoms with van der Waals surface area (Å²) < 4.78 is 5.55. The fraction of sp³-hybridized carbons (Fsp3) is 0.778. The van der Waals surface area contributed by atoms with Crippen molar-refractivity contribution >= 4 is 23.5 Å². The second-order valence-electron chi connectivity index (χ2n) is 7.93. The van der Waals surface area contributed by atoms with Gasteiger partial charge in [-0.3, -0.25) is 4.79 Å². The standard InChI is InChI=1S/C18H24ClNO5/c1-9-4-3-5-11(10(9)2)13(22)18-16(8-21)12(6-7-19)14(23)20-17(16,18)15(24)25-18/h11-13,21-22H,3-8H2,1-2H3,(H,20,23)/t11-,12-,13-,16+,17?,18?/m0/s1. The van der Waals surface area contributed by atoms with Crippen LogP contribution in [-0.4, -0.2) is 51.8 Å². The van der Waals surface area contributed by atoms with Crippen molar-refractivity contribution < 1.29 is 24.5 Å². The Hall–Kier alpha value is -1.11. The third-order valence-electron chi connectivity index (χ3n) is 7.35. The van der Waals surface area contributed by atoms with Crippen molar-refractivity contribution in [3.05, 3.63) is 11.1 Å². The number of ether oxygens (including phenoxy) is 1. The number of alkyl halides is 1. The number of aliphatic hydroxyl groups excluding tert-OH is 2. The van der Waals surface area contributed by atoms with E-state index in [1.54, 1.807) is 0 Å². The van der Waals surface area contributed by atoms with Crippen molar-refractivity contribution in [1.29, 1.82) is 0 Å². The highest BCUT2D eigenvalue weighted by molar-refractivity contribution is 6.18. The van der Waals surface area contributed by atoms with Gasteiger partial charge in [-0.2, -0.15) is 0 Å². The molecule has 3 fully saturated rings. The van der Waals surface area contributed by atoms with E-state index in [0.29, 0.717) is 6.42 Å². The van der Waals surface area contributed by atoms with E-state index < -0.39 is 41.2 Å². The molecule has 0 radical (unpaired) electrons. The number of hydrogen-bond acceptors (Lipinski definition) is 5. The van der Waals surface area contributed by atoms with Gasteiger partial charge in [0, 0.05) is 11.8 Å². The van der Waals surface area contributed by atoms with Gasteiger partial charge in [-0.1, -0.05) is 11.1 Å². The van der Waals surface area contributed by atoms with Crippen LogP contribution in [0.25, 0.3) is 0 Å². The molecule has 2 saturated heterocycles. The number of fused-ring (bicyclic) bond motifs is 1. The molecule has 2 heterocycles. The summed E-state index contributed by atoms with van der Waals surface area (Å²) >= 11 is 5.86. The molecule has 3 N–H and O–H groups in total. The molecule has 0 aromatic rings. The molecule has 2 unspecified atom stereocenters. The van der Waals surface area contributed by atoms with Gasteiger partial charge in [0.2, 0.25) is 5.91 Å². The number of carbonyl (C=O) groups excluding carboxylic acids is 2. The predicted molar refractivity (Wildman–Crippen MR) is 89.8 cm³/mol. The maximum atomic E-state index is 12.4. The zero-order valence-corrected chi connectivity index (χ0v) is 15.2. The van der Waals surface area contributed by atoms with E-state index in [2.05, 4.69) is 12.2 Å². The summed E-state index contributed by atoms with van der Waals surface area (Å²) in [7, 11) is 0. The molecule has 138 valence electrons. The Labute approximate surface area is 151 Å². The normalized spacial score (nSPS) is 46.0. The van der Waals surface area contributed by atoms with Gasteiger partial charge >= 0.3 is 5.97 Å². The summed E-state index contributed by atoms with van der Waals surface area (Å²) in [4.78, 5) is 24.7. The number of esters is 1. The van der Waals surface area contributed by atoms with Crippen molar-refractivity contribution in [2.45, 2.75) is 56.8 Å². The van der Waals surface area contributed by atoms with Crippen LogP contribution in [-0.2, 0) is 14.3 Å². The largest absolute Gasteiger partial charge is 0.450 e. The Bertz CT molecular complexity index is 693. The topological polar surface area (TPSA) is 95.9 Å². The SMILES string of the molecule is CC1=C(C)[C@@H]([C@H](O)C23OC(=O)C24NC(=O)[C@H](CCCl)[C@]43CO)CCC1. The van der Waals surface area contributed by atoms with Gasteiger partial charge in [-0.15, -0.1) is 11.6 Å². The summed E-state index contributed by atoms with van der Waals surface area (Å²) in [6, 6.07) is 0. The Morgan fingerprint density at radius 3 is 2.72 bits per heavy atom. The smallest absolute Gasteiger partial charge is 0.337 e. The number of rotatable bonds is 5. The molecule has 7 heteroatoms. The van der Waals surface area contributed by atoms with Crippen LogP contribution in [0.4, 0.5) is 0 Å². The third kappa shape index (κ3) is 1.57. The molecular weight excluding hydrogens is 346 g/mol. The number of hydrogen-bond donors (Lipinski definition) is 3. The Balaban J connectivity index is 1.77. The molecule has 4 rings (SSSR count). The van der Waals surface area contributed by atoms with Crippen LogP contribution in [0.15, 0.2) is 11.1 Å². The van der Waals surface area contributed by atoms with Crippen LogP contribution in [0.2, 0.25) is 0 Å². The minimum atomic E-state index is -1.30. The van der Waals surface area contributed by atoms with Gasteiger partial charge < -0.3 is 20.3 Å². The molecule has 0 aromatic carbocycles. The van der Waals surface area contributed by atoms with Gasteiger partial charge in [0.1, 0.15) is 6.10 Å². The van der Waals surface area contributed by atoms with Crippen LogP contribution in [0.3, 0.4) is 0 Å². The summed E-state index contributed by atoms with van der Waals surface area (Å²) in [5.41, 5.74) is -1.29. The highest BCUT2D eigenvalue weighted by atomic mass is 35.5. The van der Waals surface area contributed by atoms with Crippen molar-refractivity contribution in [3.63, 3.8) is 0 Å². The van der Waals surface area contributed by atoms with Crippen LogP contribution >= 0.6 is 11.6 Å². The maximum Gasteiger partial charge on any atom is 0.337 e. The fourth-order valence-corrected chi connectivity index (χ4v) is 6.19. The number of carbonyl (C=O) groups is 2. The van der Waals surface area contributed by atoms with E-state index in [-0.39, 0.29) is 17.7 Å². The zero-order chi connectivity index (χ0) is 18.2. The van der Waals surface area contributed by atoms with E-state index in [9.17, 15) is 19.8 Å². The molecule has 0 aromatic heterocycles. The van der Waals surface area contributed by atoms with Crippen molar-refractivity contribution in [3.8, 4) is 0 Å². The molecule has 1 spiro atoms. The number of amides is 1. The molecule has 2 aliphatic carbocycles. The highest BCUT2D eigenvalue weighted by Gasteiger charge is 3.07. The van der Waals surface area contributed by atoms with Crippen LogP contribution in [0.1, 0.15) is 39.5 Å². The first-order valence-electron chi connectivity index (χ1n) is 8.92. The van der Waals surface area contributed by atoms with Crippen molar-refractivity contribution in [1.82, 2.24) is 5.32 Å². The minimum absolute atomic E-state index is 0.138. The molecule has 1 amide bonds. The number of piperidine rings is 1. The lowest BCUT2D eigenvalue weighted by atomic mass is 9.74. The van der Waals surface area contributed by atoms with E-state index in [1.165, 1.54) is 5.57 Å². The lowest BCUT2D eigenvalue weighted by Crippen LogP contribution is -2.65. The lowest BCUT2D eigenvalue weighted by Gasteiger charge is -2.43. The average molecular weight is 370 g/mol. The van der Waals surface area contributed by atoms with Crippen molar-refractivity contribution in [2.75, 3.05) is 12.5 Å². The maximum absolute atomic E-state index is 12.4. The lowest BCUT2D eigenvalue weighted by molar-refractivity contribution is -0.200. The van der Waals surface area contributed by atoms with E-state index in [4.69, 9.17) is 16.3 Å². The highest BCUT2D eigenvalue weighted by Crippen LogP contribution is 2.82. The fourth-order valence-electron chi connectivity index (χ4n) is 5.97. The molecule has 0 bridgehead atoms. The van der Waals surface area contributed by atoms with Crippen molar-refractivity contribution in [2.24, 2.45) is 17.3 Å². The quantitative estimate of drug-likeness (QED) is 0.380. The Morgan fingerprint density at radius 1 is 1.40 bits per heavy atom. The number of aliphatic hydroxyl groups is 2. The molecule has 1 saturated carbocycles. The van der Waals surface area contributed by atoms with E-state index in [1.807, 2.05) is 6.92 Å². The summed E-state index contributed by atoms with van der Waals surface area (Å²) in [5, 5.41) is 24.2.